The van der Waals surface area contributed by atoms with Gasteiger partial charge < -0.3 is 15.2 Å². The Labute approximate surface area is 132 Å². The number of carbonyl (C=O) groups is 1. The number of rotatable bonds is 7. The van der Waals surface area contributed by atoms with Gasteiger partial charge in [0.15, 0.2) is 0 Å². The van der Waals surface area contributed by atoms with E-state index < -0.39 is 6.61 Å². The molecule has 6 heteroatoms. The molecule has 2 aromatic rings. The molecule has 0 atom stereocenters. The molecule has 0 aliphatic rings. The summed E-state index contributed by atoms with van der Waals surface area (Å²) in [4.78, 5) is 11.8. The van der Waals surface area contributed by atoms with Gasteiger partial charge in [-0.15, -0.1) is 0 Å². The van der Waals surface area contributed by atoms with Gasteiger partial charge in [-0.3, -0.25) is 4.79 Å². The summed E-state index contributed by atoms with van der Waals surface area (Å²) in [6.07, 6.45) is 0.831. The Morgan fingerprint density at radius 2 is 1.65 bits per heavy atom. The van der Waals surface area contributed by atoms with Gasteiger partial charge in [0, 0.05) is 6.54 Å². The Kier molecular flexibility index (Phi) is 5.91. The van der Waals surface area contributed by atoms with Crippen molar-refractivity contribution in [3.05, 3.63) is 59.7 Å². The third-order valence-electron chi connectivity index (χ3n) is 3.19. The zero-order valence-electron chi connectivity index (χ0n) is 12.3. The van der Waals surface area contributed by atoms with E-state index in [0.29, 0.717) is 13.0 Å². The van der Waals surface area contributed by atoms with E-state index >= 15 is 0 Å². The highest BCUT2D eigenvalue weighted by Crippen LogP contribution is 2.15. The Morgan fingerprint density at radius 1 is 1.04 bits per heavy atom. The van der Waals surface area contributed by atoms with Crippen molar-refractivity contribution in [1.82, 2.24) is 5.32 Å². The Balaban J connectivity index is 1.73. The lowest BCUT2D eigenvalue weighted by Gasteiger charge is -2.07. The lowest BCUT2D eigenvalue weighted by atomic mass is 10.1. The number of alkyl halides is 2. The second-order valence-corrected chi connectivity index (χ2v) is 4.97. The third kappa shape index (κ3) is 5.94. The minimum absolute atomic E-state index is 0.111. The highest BCUT2D eigenvalue weighted by molar-refractivity contribution is 5.78. The number of carbonyl (C=O) groups excluding carboxylic acids is 1. The fourth-order valence-corrected chi connectivity index (χ4v) is 2.05. The Bertz CT molecular complexity index is 627. The molecule has 0 saturated carbocycles. The average Bonchev–Trinajstić information content (AvgIpc) is 2.51. The summed E-state index contributed by atoms with van der Waals surface area (Å²) in [5, 5.41) is 12.0. The molecular weight excluding hydrogens is 304 g/mol. The SMILES string of the molecule is O=C(Cc1ccc(O)cc1)NCCc1ccc(OC(F)F)cc1. The van der Waals surface area contributed by atoms with Crippen LogP contribution in [-0.2, 0) is 17.6 Å². The fourth-order valence-electron chi connectivity index (χ4n) is 2.05. The summed E-state index contributed by atoms with van der Waals surface area (Å²) in [5.74, 6) is 0.155. The van der Waals surface area contributed by atoms with Crippen LogP contribution < -0.4 is 10.1 Å². The first-order chi connectivity index (χ1) is 11.0. The predicted octanol–water partition coefficient (Wildman–Crippen LogP) is 2.90. The van der Waals surface area contributed by atoms with Crippen molar-refractivity contribution < 1.29 is 23.4 Å². The van der Waals surface area contributed by atoms with Crippen molar-refractivity contribution in [3.63, 3.8) is 0 Å². The van der Waals surface area contributed by atoms with Crippen LogP contribution >= 0.6 is 0 Å². The molecule has 2 aromatic carbocycles. The van der Waals surface area contributed by atoms with Crippen molar-refractivity contribution in [3.8, 4) is 11.5 Å². The van der Waals surface area contributed by atoms with E-state index in [9.17, 15) is 18.7 Å². The lowest BCUT2D eigenvalue weighted by molar-refractivity contribution is -0.120. The summed E-state index contributed by atoms with van der Waals surface area (Å²) in [7, 11) is 0. The maximum Gasteiger partial charge on any atom is 0.387 e. The van der Waals surface area contributed by atoms with Crippen LogP contribution in [0.15, 0.2) is 48.5 Å². The summed E-state index contributed by atoms with van der Waals surface area (Å²) in [6.45, 7) is -2.38. The zero-order chi connectivity index (χ0) is 16.7. The van der Waals surface area contributed by atoms with Crippen LogP contribution in [0.3, 0.4) is 0 Å². The second-order valence-electron chi connectivity index (χ2n) is 4.97. The monoisotopic (exact) mass is 321 g/mol. The number of aromatic hydroxyl groups is 1. The van der Waals surface area contributed by atoms with Crippen LogP contribution in [0.4, 0.5) is 8.78 Å². The van der Waals surface area contributed by atoms with Crippen LogP contribution in [0.25, 0.3) is 0 Å². The number of nitrogens with one attached hydrogen (secondary N) is 1. The number of phenolic OH excluding ortho intramolecular Hbond substituents is 1. The van der Waals surface area contributed by atoms with Gasteiger partial charge in [-0.25, -0.2) is 0 Å². The largest absolute Gasteiger partial charge is 0.508 e. The number of benzene rings is 2. The first-order valence-corrected chi connectivity index (χ1v) is 7.11. The molecule has 0 radical (unpaired) electrons. The minimum Gasteiger partial charge on any atom is -0.508 e. The van der Waals surface area contributed by atoms with E-state index in [4.69, 9.17) is 0 Å². The topological polar surface area (TPSA) is 58.6 Å². The second kappa shape index (κ2) is 8.12. The number of hydrogen-bond acceptors (Lipinski definition) is 3. The molecule has 122 valence electrons. The predicted molar refractivity (Wildman–Crippen MR) is 81.6 cm³/mol. The molecule has 0 aromatic heterocycles. The van der Waals surface area contributed by atoms with E-state index in [0.717, 1.165) is 11.1 Å². The standard InChI is InChI=1S/C17H17F2NO3/c18-17(19)23-15-7-3-12(4-8-15)9-10-20-16(22)11-13-1-5-14(21)6-2-13/h1-8,17,21H,9-11H2,(H,20,22). The molecule has 0 unspecified atom stereocenters. The van der Waals surface area contributed by atoms with Crippen molar-refractivity contribution >= 4 is 5.91 Å². The van der Waals surface area contributed by atoms with Crippen molar-refractivity contribution in [1.29, 1.82) is 0 Å². The molecule has 0 aliphatic heterocycles. The molecule has 0 saturated heterocycles. The van der Waals surface area contributed by atoms with Gasteiger partial charge in [0.25, 0.3) is 0 Å². The van der Waals surface area contributed by atoms with E-state index in [-0.39, 0.29) is 23.8 Å². The summed E-state index contributed by atoms with van der Waals surface area (Å²) >= 11 is 0. The lowest BCUT2D eigenvalue weighted by Crippen LogP contribution is -2.27. The van der Waals surface area contributed by atoms with E-state index in [1.807, 2.05) is 0 Å². The van der Waals surface area contributed by atoms with Crippen molar-refractivity contribution in [2.45, 2.75) is 19.5 Å². The molecule has 0 bridgehead atoms. The van der Waals surface area contributed by atoms with Crippen LogP contribution in [0, 0.1) is 0 Å². The number of ether oxygens (including phenoxy) is 1. The van der Waals surface area contributed by atoms with Gasteiger partial charge in [-0.05, 0) is 41.8 Å². The number of halogens is 2. The maximum atomic E-state index is 12.0. The highest BCUT2D eigenvalue weighted by atomic mass is 19.3. The Morgan fingerprint density at radius 3 is 2.26 bits per heavy atom. The maximum absolute atomic E-state index is 12.0. The molecule has 0 aliphatic carbocycles. The van der Waals surface area contributed by atoms with E-state index in [2.05, 4.69) is 10.1 Å². The van der Waals surface area contributed by atoms with Gasteiger partial charge in [0.2, 0.25) is 5.91 Å². The number of hydrogen-bond donors (Lipinski definition) is 2. The van der Waals surface area contributed by atoms with Crippen LogP contribution in [-0.4, -0.2) is 24.2 Å². The number of amides is 1. The van der Waals surface area contributed by atoms with Gasteiger partial charge in [-0.1, -0.05) is 24.3 Å². The normalized spacial score (nSPS) is 10.6. The van der Waals surface area contributed by atoms with Crippen LogP contribution in [0.1, 0.15) is 11.1 Å². The number of phenols is 1. The van der Waals surface area contributed by atoms with Crippen molar-refractivity contribution in [2.24, 2.45) is 0 Å². The summed E-state index contributed by atoms with van der Waals surface area (Å²) in [6, 6.07) is 12.8. The highest BCUT2D eigenvalue weighted by Gasteiger charge is 2.05. The molecule has 0 heterocycles. The van der Waals surface area contributed by atoms with Gasteiger partial charge in [-0.2, -0.15) is 8.78 Å². The van der Waals surface area contributed by atoms with Crippen LogP contribution in [0.5, 0.6) is 11.5 Å². The molecule has 2 rings (SSSR count). The quantitative estimate of drug-likeness (QED) is 0.824. The molecule has 0 spiro atoms. The smallest absolute Gasteiger partial charge is 0.387 e. The third-order valence-corrected chi connectivity index (χ3v) is 3.19. The molecule has 1 amide bonds. The van der Waals surface area contributed by atoms with E-state index in [1.165, 1.54) is 24.3 Å². The fraction of sp³-hybridized carbons (Fsp3) is 0.235. The van der Waals surface area contributed by atoms with Gasteiger partial charge in [0.1, 0.15) is 11.5 Å². The Hall–Kier alpha value is -2.63. The van der Waals surface area contributed by atoms with Crippen LogP contribution in [0.2, 0.25) is 0 Å². The molecule has 23 heavy (non-hydrogen) atoms. The van der Waals surface area contributed by atoms with Crippen molar-refractivity contribution in [2.75, 3.05) is 6.54 Å². The van der Waals surface area contributed by atoms with E-state index in [1.54, 1.807) is 24.3 Å². The van der Waals surface area contributed by atoms with Gasteiger partial charge in [0.05, 0.1) is 6.42 Å². The first-order valence-electron chi connectivity index (χ1n) is 7.11. The summed E-state index contributed by atoms with van der Waals surface area (Å²) in [5.41, 5.74) is 1.73. The molecule has 0 fully saturated rings. The summed E-state index contributed by atoms with van der Waals surface area (Å²) < 4.78 is 28.3. The average molecular weight is 321 g/mol. The molecular formula is C17H17F2NO3. The minimum atomic E-state index is -2.83. The van der Waals surface area contributed by atoms with Gasteiger partial charge >= 0.3 is 6.61 Å². The first kappa shape index (κ1) is 16.7. The zero-order valence-corrected chi connectivity index (χ0v) is 12.3. The molecule has 2 N–H and O–H groups in total. The molecule has 4 nitrogen and oxygen atoms in total.